The maximum absolute atomic E-state index is 12.5. The highest BCUT2D eigenvalue weighted by atomic mass is 32.2. The largest absolute Gasteiger partial charge is 0.297 e. The van der Waals surface area contributed by atoms with Crippen molar-refractivity contribution in [3.05, 3.63) is 29.8 Å². The third-order valence-corrected chi connectivity index (χ3v) is 6.32. The second-order valence-corrected chi connectivity index (χ2v) is 9.43. The molecule has 24 heavy (non-hydrogen) atoms. The molecule has 0 amide bonds. The molecule has 0 aliphatic heterocycles. The Hall–Kier alpha value is -0.870. The van der Waals surface area contributed by atoms with Gasteiger partial charge in [0.1, 0.15) is 0 Å². The van der Waals surface area contributed by atoms with Gasteiger partial charge in [-0.1, -0.05) is 59.1 Å². The molecule has 1 aromatic carbocycles. The van der Waals surface area contributed by atoms with Crippen molar-refractivity contribution in [1.82, 2.24) is 0 Å². The Bertz CT molecular complexity index is 596. The van der Waals surface area contributed by atoms with Crippen LogP contribution >= 0.6 is 0 Å². The summed E-state index contributed by atoms with van der Waals surface area (Å²) in [6.07, 6.45) is 5.97. The smallest absolute Gasteiger partial charge is 0.263 e. The minimum atomic E-state index is -3.65. The van der Waals surface area contributed by atoms with Crippen LogP contribution < -0.4 is 0 Å². The summed E-state index contributed by atoms with van der Waals surface area (Å²) >= 11 is 0. The fourth-order valence-corrected chi connectivity index (χ4v) is 4.71. The Morgan fingerprint density at radius 2 is 1.58 bits per heavy atom. The van der Waals surface area contributed by atoms with E-state index in [1.807, 2.05) is 12.1 Å². The van der Waals surface area contributed by atoms with Crippen LogP contribution in [-0.2, 0) is 14.3 Å². The zero-order valence-electron chi connectivity index (χ0n) is 15.5. The van der Waals surface area contributed by atoms with E-state index in [9.17, 15) is 8.42 Å². The van der Waals surface area contributed by atoms with Crippen LogP contribution in [0.5, 0.6) is 0 Å². The lowest BCUT2D eigenvalue weighted by Crippen LogP contribution is -2.21. The highest BCUT2D eigenvalue weighted by Gasteiger charge is 2.24. The standard InChI is InChI=1S/C20H32O3S/c1-15(2)14-20(16(3)4)17-10-12-19(13-11-17)24(21,22)23-18-8-6-5-7-9-18/h10-13,15-16,18,20H,5-9,14H2,1-4H3. The Labute approximate surface area is 147 Å². The van der Waals surface area contributed by atoms with E-state index in [4.69, 9.17) is 4.18 Å². The van der Waals surface area contributed by atoms with Crippen molar-refractivity contribution in [3.8, 4) is 0 Å². The lowest BCUT2D eigenvalue weighted by atomic mass is 9.82. The van der Waals surface area contributed by atoms with E-state index in [-0.39, 0.29) is 11.0 Å². The van der Waals surface area contributed by atoms with Crippen LogP contribution in [0.1, 0.15) is 77.7 Å². The monoisotopic (exact) mass is 352 g/mol. The summed E-state index contributed by atoms with van der Waals surface area (Å²) in [5.74, 6) is 1.62. The molecular formula is C20H32O3S. The molecule has 3 nitrogen and oxygen atoms in total. The molecule has 1 fully saturated rings. The Balaban J connectivity index is 2.12. The van der Waals surface area contributed by atoms with Crippen LogP contribution in [0.15, 0.2) is 29.2 Å². The van der Waals surface area contributed by atoms with Crippen molar-refractivity contribution < 1.29 is 12.6 Å². The van der Waals surface area contributed by atoms with Crippen molar-refractivity contribution >= 4 is 10.1 Å². The molecule has 1 atom stereocenters. The number of rotatable bonds is 7. The van der Waals surface area contributed by atoms with E-state index in [0.29, 0.717) is 17.8 Å². The van der Waals surface area contributed by atoms with Crippen molar-refractivity contribution in [1.29, 1.82) is 0 Å². The summed E-state index contributed by atoms with van der Waals surface area (Å²) in [6.45, 7) is 8.91. The minimum absolute atomic E-state index is 0.146. The summed E-state index contributed by atoms with van der Waals surface area (Å²) in [5, 5.41) is 0. The zero-order valence-corrected chi connectivity index (χ0v) is 16.3. The van der Waals surface area contributed by atoms with E-state index in [0.717, 1.165) is 32.1 Å². The molecule has 1 aliphatic rings. The molecule has 1 aliphatic carbocycles. The summed E-state index contributed by atoms with van der Waals surface area (Å²) in [6, 6.07) is 7.35. The second kappa shape index (κ2) is 8.48. The second-order valence-electron chi connectivity index (χ2n) is 7.86. The number of benzene rings is 1. The van der Waals surface area contributed by atoms with Crippen LogP contribution in [0.25, 0.3) is 0 Å². The van der Waals surface area contributed by atoms with Crippen LogP contribution in [0.2, 0.25) is 0 Å². The van der Waals surface area contributed by atoms with Gasteiger partial charge in [-0.2, -0.15) is 8.42 Å². The van der Waals surface area contributed by atoms with Gasteiger partial charge in [0, 0.05) is 0 Å². The molecule has 0 saturated heterocycles. The quantitative estimate of drug-likeness (QED) is 0.608. The van der Waals surface area contributed by atoms with Crippen LogP contribution in [-0.4, -0.2) is 14.5 Å². The average Bonchev–Trinajstić information content (AvgIpc) is 2.53. The summed E-state index contributed by atoms with van der Waals surface area (Å²) < 4.78 is 30.4. The van der Waals surface area contributed by atoms with Crippen molar-refractivity contribution in [2.45, 2.75) is 83.1 Å². The van der Waals surface area contributed by atoms with E-state index in [1.165, 1.54) is 12.0 Å². The van der Waals surface area contributed by atoms with Gasteiger partial charge in [-0.15, -0.1) is 0 Å². The summed E-state index contributed by atoms with van der Waals surface area (Å²) in [4.78, 5) is 0.281. The predicted octanol–water partition coefficient (Wildman–Crippen LogP) is 5.51. The van der Waals surface area contributed by atoms with Crippen LogP contribution in [0, 0.1) is 11.8 Å². The molecule has 4 heteroatoms. The average molecular weight is 353 g/mol. The summed E-state index contributed by atoms with van der Waals surface area (Å²) in [5.41, 5.74) is 1.22. The lowest BCUT2D eigenvalue weighted by Gasteiger charge is -2.24. The summed E-state index contributed by atoms with van der Waals surface area (Å²) in [7, 11) is -3.65. The van der Waals surface area contributed by atoms with Crippen LogP contribution in [0.4, 0.5) is 0 Å². The van der Waals surface area contributed by atoms with Gasteiger partial charge in [0.2, 0.25) is 0 Å². The van der Waals surface area contributed by atoms with E-state index in [1.54, 1.807) is 12.1 Å². The molecule has 1 unspecified atom stereocenters. The molecule has 0 bridgehead atoms. The van der Waals surface area contributed by atoms with E-state index in [2.05, 4.69) is 27.7 Å². The first-order valence-electron chi connectivity index (χ1n) is 9.33. The fraction of sp³-hybridized carbons (Fsp3) is 0.700. The molecule has 2 rings (SSSR count). The van der Waals surface area contributed by atoms with Crippen molar-refractivity contribution in [2.24, 2.45) is 11.8 Å². The first-order valence-corrected chi connectivity index (χ1v) is 10.7. The minimum Gasteiger partial charge on any atom is -0.263 e. The van der Waals surface area contributed by atoms with Crippen LogP contribution in [0.3, 0.4) is 0 Å². The highest BCUT2D eigenvalue weighted by Crippen LogP contribution is 2.32. The van der Waals surface area contributed by atoms with Gasteiger partial charge in [0.25, 0.3) is 10.1 Å². The SMILES string of the molecule is CC(C)CC(c1ccc(S(=O)(=O)OC2CCCCC2)cc1)C(C)C. The van der Waals surface area contributed by atoms with Gasteiger partial charge in [-0.25, -0.2) is 0 Å². The molecule has 0 aromatic heterocycles. The van der Waals surface area contributed by atoms with Gasteiger partial charge >= 0.3 is 0 Å². The lowest BCUT2D eigenvalue weighted by molar-refractivity contribution is 0.162. The molecule has 0 radical (unpaired) electrons. The van der Waals surface area contributed by atoms with Gasteiger partial charge in [-0.3, -0.25) is 4.18 Å². The van der Waals surface area contributed by atoms with Crippen molar-refractivity contribution in [2.75, 3.05) is 0 Å². The van der Waals surface area contributed by atoms with Gasteiger partial charge < -0.3 is 0 Å². The van der Waals surface area contributed by atoms with Gasteiger partial charge in [0.15, 0.2) is 0 Å². The Morgan fingerprint density at radius 3 is 2.08 bits per heavy atom. The third kappa shape index (κ3) is 5.32. The Morgan fingerprint density at radius 1 is 1.00 bits per heavy atom. The molecular weight excluding hydrogens is 320 g/mol. The maximum atomic E-state index is 12.5. The highest BCUT2D eigenvalue weighted by molar-refractivity contribution is 7.86. The number of hydrogen-bond acceptors (Lipinski definition) is 3. The van der Waals surface area contributed by atoms with E-state index < -0.39 is 10.1 Å². The number of hydrogen-bond donors (Lipinski definition) is 0. The molecule has 1 aromatic rings. The topological polar surface area (TPSA) is 43.4 Å². The fourth-order valence-electron chi connectivity index (χ4n) is 3.58. The van der Waals surface area contributed by atoms with Crippen molar-refractivity contribution in [3.63, 3.8) is 0 Å². The first-order chi connectivity index (χ1) is 11.3. The Kier molecular flexibility index (Phi) is 6.88. The van der Waals surface area contributed by atoms with E-state index >= 15 is 0 Å². The molecule has 1 saturated carbocycles. The first kappa shape index (κ1) is 19.5. The third-order valence-electron chi connectivity index (χ3n) is 4.94. The molecule has 0 spiro atoms. The maximum Gasteiger partial charge on any atom is 0.297 e. The molecule has 0 N–H and O–H groups in total. The molecule has 0 heterocycles. The van der Waals surface area contributed by atoms with Gasteiger partial charge in [-0.05, 0) is 54.7 Å². The zero-order chi connectivity index (χ0) is 17.7. The predicted molar refractivity (Wildman–Crippen MR) is 98.6 cm³/mol. The normalized spacial score (nSPS) is 18.2. The van der Waals surface area contributed by atoms with Gasteiger partial charge in [0.05, 0.1) is 11.0 Å². The molecule has 136 valence electrons.